The minimum atomic E-state index is -4.42. The first kappa shape index (κ1) is 13.8. The predicted octanol–water partition coefficient (Wildman–Crippen LogP) is 2.96. The quantitative estimate of drug-likeness (QED) is 0.838. The molecule has 1 aromatic carbocycles. The number of rotatable bonds is 2. The zero-order chi connectivity index (χ0) is 15.0. The number of halogens is 3. The van der Waals surface area contributed by atoms with Crippen LogP contribution >= 0.6 is 0 Å². The Morgan fingerprint density at radius 1 is 1.33 bits per heavy atom. The Bertz CT molecular complexity index is 648. The van der Waals surface area contributed by atoms with Crippen LogP contribution < -0.4 is 10.6 Å². The van der Waals surface area contributed by atoms with Gasteiger partial charge in [-0.15, -0.1) is 0 Å². The van der Waals surface area contributed by atoms with Crippen LogP contribution in [0.15, 0.2) is 24.3 Å². The Morgan fingerprint density at radius 3 is 2.86 bits per heavy atom. The zero-order valence-corrected chi connectivity index (χ0v) is 11.2. The van der Waals surface area contributed by atoms with Gasteiger partial charge in [0.15, 0.2) is 5.69 Å². The molecule has 2 heterocycles. The highest BCUT2D eigenvalue weighted by atomic mass is 19.4. The molecule has 1 aromatic heterocycles. The molecular formula is C14H15F3N4. The van der Waals surface area contributed by atoms with E-state index in [1.807, 2.05) is 23.1 Å². The fraction of sp³-hybridized carbons (Fsp3) is 0.357. The molecule has 2 aromatic rings. The minimum Gasteiger partial charge on any atom is -0.398 e. The van der Waals surface area contributed by atoms with Crippen molar-refractivity contribution >= 4 is 11.4 Å². The number of nitrogen functional groups attached to an aromatic ring is 1. The van der Waals surface area contributed by atoms with Crippen molar-refractivity contribution < 1.29 is 13.2 Å². The van der Waals surface area contributed by atoms with Crippen LogP contribution in [0.2, 0.25) is 0 Å². The van der Waals surface area contributed by atoms with E-state index in [1.165, 1.54) is 0 Å². The van der Waals surface area contributed by atoms with Crippen LogP contribution in [0.3, 0.4) is 0 Å². The predicted molar refractivity (Wildman–Crippen MR) is 73.8 cm³/mol. The molecule has 1 aliphatic heterocycles. The average molecular weight is 296 g/mol. The molecular weight excluding hydrogens is 281 g/mol. The van der Waals surface area contributed by atoms with Gasteiger partial charge in [0.1, 0.15) is 0 Å². The highest BCUT2D eigenvalue weighted by Crippen LogP contribution is 2.33. The summed E-state index contributed by atoms with van der Waals surface area (Å²) in [4.78, 5) is 2.03. The number of nitrogens with one attached hydrogen (secondary N) is 1. The van der Waals surface area contributed by atoms with Crippen LogP contribution in [0.5, 0.6) is 0 Å². The molecule has 0 fully saturated rings. The number of benzene rings is 1. The van der Waals surface area contributed by atoms with Gasteiger partial charge in [-0.05, 0) is 36.6 Å². The monoisotopic (exact) mass is 296 g/mol. The molecule has 0 spiro atoms. The zero-order valence-electron chi connectivity index (χ0n) is 11.2. The van der Waals surface area contributed by atoms with Gasteiger partial charge in [-0.25, -0.2) is 0 Å². The summed E-state index contributed by atoms with van der Waals surface area (Å²) in [5.41, 5.74) is 8.31. The number of H-pyrrole nitrogens is 1. The van der Waals surface area contributed by atoms with E-state index in [0.29, 0.717) is 12.2 Å². The lowest BCUT2D eigenvalue weighted by atomic mass is 10.00. The second kappa shape index (κ2) is 4.98. The van der Waals surface area contributed by atoms with Crippen molar-refractivity contribution in [3.8, 4) is 0 Å². The number of nitrogens with zero attached hydrogens (tertiary/aromatic N) is 2. The average Bonchev–Trinajstić information content (AvgIpc) is 2.89. The molecule has 0 aliphatic carbocycles. The van der Waals surface area contributed by atoms with E-state index in [2.05, 4.69) is 10.2 Å². The van der Waals surface area contributed by atoms with E-state index in [0.717, 1.165) is 42.4 Å². The van der Waals surface area contributed by atoms with Crippen LogP contribution in [0, 0.1) is 0 Å². The van der Waals surface area contributed by atoms with Gasteiger partial charge in [0.05, 0.1) is 12.2 Å². The van der Waals surface area contributed by atoms with Crippen molar-refractivity contribution in [2.75, 3.05) is 17.2 Å². The summed E-state index contributed by atoms with van der Waals surface area (Å²) in [6.07, 6.45) is -2.59. The molecule has 7 heteroatoms. The fourth-order valence-electron chi connectivity index (χ4n) is 2.69. The second-order valence-electron chi connectivity index (χ2n) is 5.15. The second-order valence-corrected chi connectivity index (χ2v) is 5.15. The number of nitrogens with two attached hydrogens (primary N) is 1. The van der Waals surface area contributed by atoms with Crippen LogP contribution in [-0.4, -0.2) is 16.7 Å². The Labute approximate surface area is 119 Å². The van der Waals surface area contributed by atoms with E-state index in [9.17, 15) is 13.2 Å². The van der Waals surface area contributed by atoms with Gasteiger partial charge < -0.3 is 10.6 Å². The summed E-state index contributed by atoms with van der Waals surface area (Å²) in [6.45, 7) is 1.15. The largest absolute Gasteiger partial charge is 0.435 e. The molecule has 4 nitrogen and oxygen atoms in total. The smallest absolute Gasteiger partial charge is 0.398 e. The van der Waals surface area contributed by atoms with E-state index < -0.39 is 11.9 Å². The molecule has 112 valence electrons. The number of aromatic nitrogens is 2. The number of hydrogen-bond donors (Lipinski definition) is 2. The molecule has 0 bridgehead atoms. The molecule has 0 radical (unpaired) electrons. The van der Waals surface area contributed by atoms with Crippen molar-refractivity contribution in [2.24, 2.45) is 0 Å². The van der Waals surface area contributed by atoms with Crippen molar-refractivity contribution in [3.63, 3.8) is 0 Å². The first-order valence-electron chi connectivity index (χ1n) is 6.69. The lowest BCUT2D eigenvalue weighted by Gasteiger charge is -2.31. The lowest BCUT2D eigenvalue weighted by Crippen LogP contribution is -2.29. The normalized spacial score (nSPS) is 15.1. The summed E-state index contributed by atoms with van der Waals surface area (Å²) >= 11 is 0. The van der Waals surface area contributed by atoms with E-state index in [1.54, 1.807) is 0 Å². The van der Waals surface area contributed by atoms with E-state index in [4.69, 9.17) is 5.73 Å². The summed E-state index contributed by atoms with van der Waals surface area (Å²) in [7, 11) is 0. The van der Waals surface area contributed by atoms with Crippen LogP contribution in [0.4, 0.5) is 24.5 Å². The van der Waals surface area contributed by atoms with Crippen LogP contribution in [-0.2, 0) is 19.1 Å². The summed E-state index contributed by atoms with van der Waals surface area (Å²) in [5, 5.41) is 5.79. The third-order valence-corrected chi connectivity index (χ3v) is 3.67. The fourth-order valence-corrected chi connectivity index (χ4v) is 2.69. The van der Waals surface area contributed by atoms with Gasteiger partial charge >= 0.3 is 6.18 Å². The maximum atomic E-state index is 12.6. The molecule has 1 aliphatic rings. The standard InChI is InChI=1S/C14H15F3N4/c15-14(16,17)13-7-9(19-20-13)8-21-6-2-3-10-11(18)4-1-5-12(10)21/h1,4-5,7H,2-3,6,8,18H2,(H,19,20). The molecule has 0 unspecified atom stereocenters. The van der Waals surface area contributed by atoms with Gasteiger partial charge in [0.2, 0.25) is 0 Å². The van der Waals surface area contributed by atoms with E-state index in [-0.39, 0.29) is 0 Å². The molecule has 3 rings (SSSR count). The van der Waals surface area contributed by atoms with Crippen molar-refractivity contribution in [1.29, 1.82) is 0 Å². The van der Waals surface area contributed by atoms with Gasteiger partial charge in [0.25, 0.3) is 0 Å². The minimum absolute atomic E-state index is 0.361. The highest BCUT2D eigenvalue weighted by Gasteiger charge is 2.34. The van der Waals surface area contributed by atoms with Crippen LogP contribution in [0.1, 0.15) is 23.4 Å². The third-order valence-electron chi connectivity index (χ3n) is 3.67. The Balaban J connectivity index is 1.84. The number of alkyl halides is 3. The van der Waals surface area contributed by atoms with Gasteiger partial charge in [-0.3, -0.25) is 5.10 Å². The molecule has 0 saturated heterocycles. The Hall–Kier alpha value is -2.18. The Kier molecular flexibility index (Phi) is 3.27. The number of fused-ring (bicyclic) bond motifs is 1. The first-order chi connectivity index (χ1) is 9.95. The summed E-state index contributed by atoms with van der Waals surface area (Å²) in [6, 6.07) is 6.72. The maximum Gasteiger partial charge on any atom is 0.435 e. The van der Waals surface area contributed by atoms with E-state index >= 15 is 0 Å². The molecule has 3 N–H and O–H groups in total. The van der Waals surface area contributed by atoms with Crippen LogP contribution in [0.25, 0.3) is 0 Å². The number of anilines is 2. The van der Waals surface area contributed by atoms with Gasteiger partial charge in [0, 0.05) is 17.9 Å². The van der Waals surface area contributed by atoms with Crippen molar-refractivity contribution in [2.45, 2.75) is 25.6 Å². The van der Waals surface area contributed by atoms with Crippen molar-refractivity contribution in [1.82, 2.24) is 10.2 Å². The number of hydrogen-bond acceptors (Lipinski definition) is 3. The SMILES string of the molecule is Nc1cccc2c1CCCN2Cc1cc(C(F)(F)F)n[nH]1. The molecule has 0 atom stereocenters. The maximum absolute atomic E-state index is 12.6. The number of aromatic amines is 1. The molecule has 0 saturated carbocycles. The highest BCUT2D eigenvalue weighted by molar-refractivity contribution is 5.66. The molecule has 21 heavy (non-hydrogen) atoms. The summed E-state index contributed by atoms with van der Waals surface area (Å²) in [5.74, 6) is 0. The Morgan fingerprint density at radius 2 is 2.14 bits per heavy atom. The lowest BCUT2D eigenvalue weighted by molar-refractivity contribution is -0.141. The topological polar surface area (TPSA) is 57.9 Å². The third kappa shape index (κ3) is 2.68. The molecule has 0 amide bonds. The van der Waals surface area contributed by atoms with Crippen molar-refractivity contribution in [3.05, 3.63) is 41.2 Å². The summed E-state index contributed by atoms with van der Waals surface area (Å²) < 4.78 is 37.7. The van der Waals surface area contributed by atoms with Gasteiger partial charge in [-0.1, -0.05) is 6.07 Å². The first-order valence-corrected chi connectivity index (χ1v) is 6.69. The van der Waals surface area contributed by atoms with Gasteiger partial charge in [-0.2, -0.15) is 18.3 Å².